The Morgan fingerprint density at radius 3 is 3.00 bits per heavy atom. The average molecular weight is 257 g/mol. The molecule has 5 nitrogen and oxygen atoms in total. The SMILES string of the molecule is CCN(CC(=O)NCCCOC)C1CCCNC1. The van der Waals surface area contributed by atoms with Crippen LogP contribution < -0.4 is 10.6 Å². The van der Waals surface area contributed by atoms with Crippen LogP contribution >= 0.6 is 0 Å². The van der Waals surface area contributed by atoms with Crippen molar-refractivity contribution in [1.29, 1.82) is 0 Å². The van der Waals surface area contributed by atoms with Crippen molar-refractivity contribution in [2.45, 2.75) is 32.2 Å². The van der Waals surface area contributed by atoms with Crippen LogP contribution in [-0.2, 0) is 9.53 Å². The second kappa shape index (κ2) is 9.30. The Balaban J connectivity index is 2.22. The van der Waals surface area contributed by atoms with Crippen LogP contribution in [-0.4, -0.2) is 63.3 Å². The highest BCUT2D eigenvalue weighted by atomic mass is 16.5. The number of piperidine rings is 1. The molecule has 1 atom stereocenters. The van der Waals surface area contributed by atoms with E-state index in [1.165, 1.54) is 12.8 Å². The van der Waals surface area contributed by atoms with E-state index < -0.39 is 0 Å². The Labute approximate surface area is 110 Å². The van der Waals surface area contributed by atoms with Crippen molar-refractivity contribution in [1.82, 2.24) is 15.5 Å². The van der Waals surface area contributed by atoms with Gasteiger partial charge in [-0.1, -0.05) is 6.92 Å². The topological polar surface area (TPSA) is 53.6 Å². The molecule has 106 valence electrons. The predicted octanol–water partition coefficient (Wildman–Crippen LogP) is 0.213. The van der Waals surface area contributed by atoms with Crippen LogP contribution in [0.15, 0.2) is 0 Å². The van der Waals surface area contributed by atoms with Gasteiger partial charge in [-0.25, -0.2) is 0 Å². The van der Waals surface area contributed by atoms with Gasteiger partial charge in [0.15, 0.2) is 0 Å². The van der Waals surface area contributed by atoms with Gasteiger partial charge in [0.1, 0.15) is 0 Å². The van der Waals surface area contributed by atoms with Gasteiger partial charge in [0.2, 0.25) is 5.91 Å². The summed E-state index contributed by atoms with van der Waals surface area (Å²) < 4.78 is 4.95. The van der Waals surface area contributed by atoms with E-state index in [2.05, 4.69) is 22.5 Å². The molecular formula is C13H27N3O2. The minimum absolute atomic E-state index is 0.124. The Hall–Kier alpha value is -0.650. The Bertz CT molecular complexity index is 230. The molecule has 18 heavy (non-hydrogen) atoms. The van der Waals surface area contributed by atoms with Crippen molar-refractivity contribution in [3.63, 3.8) is 0 Å². The molecule has 1 amide bonds. The van der Waals surface area contributed by atoms with E-state index in [1.807, 2.05) is 0 Å². The standard InChI is InChI=1S/C13H27N3O2/c1-3-16(12-6-4-7-14-10-12)11-13(17)15-8-5-9-18-2/h12,14H,3-11H2,1-2H3,(H,15,17). The molecule has 0 radical (unpaired) electrons. The van der Waals surface area contributed by atoms with Gasteiger partial charge < -0.3 is 15.4 Å². The maximum absolute atomic E-state index is 11.8. The van der Waals surface area contributed by atoms with E-state index in [0.717, 1.165) is 26.1 Å². The van der Waals surface area contributed by atoms with Crippen LogP contribution in [0.3, 0.4) is 0 Å². The van der Waals surface area contributed by atoms with Gasteiger partial charge in [-0.05, 0) is 32.4 Å². The normalized spacial score (nSPS) is 20.1. The number of amides is 1. The van der Waals surface area contributed by atoms with Gasteiger partial charge in [-0.3, -0.25) is 9.69 Å². The Morgan fingerprint density at radius 2 is 2.39 bits per heavy atom. The average Bonchev–Trinajstić information content (AvgIpc) is 2.42. The van der Waals surface area contributed by atoms with E-state index in [0.29, 0.717) is 25.7 Å². The molecule has 1 rings (SSSR count). The van der Waals surface area contributed by atoms with Crippen molar-refractivity contribution in [2.24, 2.45) is 0 Å². The highest BCUT2D eigenvalue weighted by molar-refractivity contribution is 5.78. The van der Waals surface area contributed by atoms with Crippen LogP contribution in [0.1, 0.15) is 26.2 Å². The highest BCUT2D eigenvalue weighted by Gasteiger charge is 2.21. The number of carbonyl (C=O) groups excluding carboxylic acids is 1. The molecule has 1 fully saturated rings. The molecule has 1 aliphatic rings. The third-order valence-corrected chi connectivity index (χ3v) is 3.39. The first-order chi connectivity index (χ1) is 8.77. The van der Waals surface area contributed by atoms with Crippen LogP contribution in [0.4, 0.5) is 0 Å². The molecule has 0 aromatic rings. The quantitative estimate of drug-likeness (QED) is 0.611. The van der Waals surface area contributed by atoms with Crippen molar-refractivity contribution in [2.75, 3.05) is 46.4 Å². The maximum atomic E-state index is 11.8. The zero-order valence-electron chi connectivity index (χ0n) is 11.7. The summed E-state index contributed by atoms with van der Waals surface area (Å²) in [5, 5.41) is 6.33. The van der Waals surface area contributed by atoms with E-state index in [9.17, 15) is 4.79 Å². The molecule has 0 saturated carbocycles. The number of nitrogens with zero attached hydrogens (tertiary/aromatic N) is 1. The molecular weight excluding hydrogens is 230 g/mol. The van der Waals surface area contributed by atoms with E-state index in [-0.39, 0.29) is 5.91 Å². The fraction of sp³-hybridized carbons (Fsp3) is 0.923. The molecule has 1 heterocycles. The third kappa shape index (κ3) is 5.80. The summed E-state index contributed by atoms with van der Waals surface area (Å²) in [6, 6.07) is 0.508. The van der Waals surface area contributed by atoms with Gasteiger partial charge in [0.05, 0.1) is 6.54 Å². The minimum atomic E-state index is 0.124. The summed E-state index contributed by atoms with van der Waals surface area (Å²) in [7, 11) is 1.68. The molecule has 0 bridgehead atoms. The summed E-state index contributed by atoms with van der Waals surface area (Å²) in [5.74, 6) is 0.124. The predicted molar refractivity (Wildman–Crippen MR) is 72.6 cm³/mol. The van der Waals surface area contributed by atoms with Crippen molar-refractivity contribution < 1.29 is 9.53 Å². The molecule has 5 heteroatoms. The zero-order valence-corrected chi connectivity index (χ0v) is 11.7. The molecule has 0 aromatic carbocycles. The lowest BCUT2D eigenvalue weighted by molar-refractivity contribution is -0.122. The number of carbonyl (C=O) groups is 1. The number of methoxy groups -OCH3 is 1. The van der Waals surface area contributed by atoms with Gasteiger partial charge >= 0.3 is 0 Å². The first-order valence-electron chi connectivity index (χ1n) is 6.98. The Kier molecular flexibility index (Phi) is 7.96. The van der Waals surface area contributed by atoms with E-state index in [1.54, 1.807) is 7.11 Å². The van der Waals surface area contributed by atoms with Crippen LogP contribution in [0.25, 0.3) is 0 Å². The zero-order chi connectivity index (χ0) is 13.2. The maximum Gasteiger partial charge on any atom is 0.234 e. The molecule has 2 N–H and O–H groups in total. The lowest BCUT2D eigenvalue weighted by Crippen LogP contribution is -2.49. The monoisotopic (exact) mass is 257 g/mol. The molecule has 1 unspecified atom stereocenters. The van der Waals surface area contributed by atoms with Crippen LogP contribution in [0.2, 0.25) is 0 Å². The van der Waals surface area contributed by atoms with Crippen LogP contribution in [0, 0.1) is 0 Å². The first kappa shape index (κ1) is 15.4. The third-order valence-electron chi connectivity index (χ3n) is 3.39. The Morgan fingerprint density at radius 1 is 1.56 bits per heavy atom. The lowest BCUT2D eigenvalue weighted by Gasteiger charge is -2.33. The van der Waals surface area contributed by atoms with Gasteiger partial charge in [0.25, 0.3) is 0 Å². The molecule has 1 aliphatic heterocycles. The second-order valence-corrected chi connectivity index (χ2v) is 4.76. The summed E-state index contributed by atoms with van der Waals surface area (Å²) in [6.07, 6.45) is 3.27. The van der Waals surface area contributed by atoms with Crippen molar-refractivity contribution in [3.8, 4) is 0 Å². The van der Waals surface area contributed by atoms with Gasteiger partial charge in [-0.2, -0.15) is 0 Å². The molecule has 0 aliphatic carbocycles. The molecule has 0 spiro atoms. The van der Waals surface area contributed by atoms with Gasteiger partial charge in [0, 0.05) is 32.8 Å². The summed E-state index contributed by atoms with van der Waals surface area (Å²) >= 11 is 0. The number of nitrogens with one attached hydrogen (secondary N) is 2. The highest BCUT2D eigenvalue weighted by Crippen LogP contribution is 2.09. The fourth-order valence-electron chi connectivity index (χ4n) is 2.33. The van der Waals surface area contributed by atoms with E-state index in [4.69, 9.17) is 4.74 Å². The molecule has 0 aromatic heterocycles. The molecule has 1 saturated heterocycles. The number of hydrogen-bond donors (Lipinski definition) is 2. The fourth-order valence-corrected chi connectivity index (χ4v) is 2.33. The number of hydrogen-bond acceptors (Lipinski definition) is 4. The first-order valence-corrected chi connectivity index (χ1v) is 6.98. The second-order valence-electron chi connectivity index (χ2n) is 4.76. The summed E-state index contributed by atoms with van der Waals surface area (Å²) in [6.45, 7) is 7.07. The summed E-state index contributed by atoms with van der Waals surface area (Å²) in [4.78, 5) is 14.1. The van der Waals surface area contributed by atoms with Crippen molar-refractivity contribution >= 4 is 5.91 Å². The van der Waals surface area contributed by atoms with E-state index >= 15 is 0 Å². The van der Waals surface area contributed by atoms with Crippen LogP contribution in [0.5, 0.6) is 0 Å². The van der Waals surface area contributed by atoms with Crippen molar-refractivity contribution in [3.05, 3.63) is 0 Å². The summed E-state index contributed by atoms with van der Waals surface area (Å²) in [5.41, 5.74) is 0. The minimum Gasteiger partial charge on any atom is -0.385 e. The number of ether oxygens (including phenoxy) is 1. The number of rotatable bonds is 8. The largest absolute Gasteiger partial charge is 0.385 e. The number of likely N-dealkylation sites (N-methyl/N-ethyl adjacent to an activating group) is 1. The lowest BCUT2D eigenvalue weighted by atomic mass is 10.1. The smallest absolute Gasteiger partial charge is 0.234 e. The van der Waals surface area contributed by atoms with Gasteiger partial charge in [-0.15, -0.1) is 0 Å².